The molecule has 2 aromatic carbocycles. The van der Waals surface area contributed by atoms with Crippen LogP contribution in [0.25, 0.3) is 21.8 Å². The number of nitrogens with zero attached hydrogens (tertiary/aromatic N) is 4. The molecule has 0 fully saturated rings. The maximum atomic E-state index is 4.53. The van der Waals surface area contributed by atoms with Crippen molar-refractivity contribution >= 4 is 44.8 Å². The van der Waals surface area contributed by atoms with Crippen LogP contribution < -0.4 is 10.6 Å². The summed E-state index contributed by atoms with van der Waals surface area (Å²) >= 11 is 0. The van der Waals surface area contributed by atoms with Crippen molar-refractivity contribution in [2.24, 2.45) is 0 Å². The fraction of sp³-hybridized carbons (Fsp3) is 0.0435. The minimum absolute atomic E-state index is 0.666. The van der Waals surface area contributed by atoms with Crippen molar-refractivity contribution in [3.05, 3.63) is 84.9 Å². The van der Waals surface area contributed by atoms with Gasteiger partial charge >= 0.3 is 0 Å². The standard InChI is InChI=1S/C23H18N6/c1-15-26-20(28-18-10-2-6-16-8-4-12-24-22(16)18)14-21(27-15)29-19-11-3-7-17-9-5-13-25-23(17)19/h2-14H,1H3,(H2,26,27,28,29). The van der Waals surface area contributed by atoms with Gasteiger partial charge in [0.05, 0.1) is 22.4 Å². The van der Waals surface area contributed by atoms with Gasteiger partial charge < -0.3 is 10.6 Å². The molecule has 0 aliphatic heterocycles. The molecule has 0 saturated heterocycles. The quantitative estimate of drug-likeness (QED) is 0.438. The Balaban J connectivity index is 1.50. The summed E-state index contributed by atoms with van der Waals surface area (Å²) in [6.45, 7) is 1.87. The SMILES string of the molecule is Cc1nc(Nc2cccc3cccnc23)cc(Nc2cccc3cccnc23)n1. The van der Waals surface area contributed by atoms with Crippen LogP contribution in [0.4, 0.5) is 23.0 Å². The van der Waals surface area contributed by atoms with E-state index < -0.39 is 0 Å². The van der Waals surface area contributed by atoms with Gasteiger partial charge in [0, 0.05) is 29.2 Å². The van der Waals surface area contributed by atoms with Crippen LogP contribution in [-0.4, -0.2) is 19.9 Å². The number of benzene rings is 2. The van der Waals surface area contributed by atoms with Gasteiger partial charge in [-0.25, -0.2) is 9.97 Å². The lowest BCUT2D eigenvalue weighted by molar-refractivity contribution is 1.06. The third-order valence-corrected chi connectivity index (χ3v) is 4.63. The average molecular weight is 378 g/mol. The Morgan fingerprint density at radius 1 is 0.621 bits per heavy atom. The molecule has 29 heavy (non-hydrogen) atoms. The Hall–Kier alpha value is -4.06. The van der Waals surface area contributed by atoms with Gasteiger partial charge in [0.1, 0.15) is 17.5 Å². The second-order valence-electron chi connectivity index (χ2n) is 6.70. The smallest absolute Gasteiger partial charge is 0.136 e. The molecule has 140 valence electrons. The Labute approximate surface area is 167 Å². The molecule has 0 spiro atoms. The van der Waals surface area contributed by atoms with Crippen molar-refractivity contribution < 1.29 is 0 Å². The molecule has 0 radical (unpaired) electrons. The summed E-state index contributed by atoms with van der Waals surface area (Å²) < 4.78 is 0. The fourth-order valence-corrected chi connectivity index (χ4v) is 3.38. The van der Waals surface area contributed by atoms with E-state index in [0.717, 1.165) is 33.2 Å². The molecule has 0 aliphatic rings. The van der Waals surface area contributed by atoms with E-state index in [9.17, 15) is 0 Å². The highest BCUT2D eigenvalue weighted by molar-refractivity contribution is 5.93. The number of aromatic nitrogens is 4. The predicted molar refractivity (Wildman–Crippen MR) is 117 cm³/mol. The van der Waals surface area contributed by atoms with Crippen LogP contribution in [-0.2, 0) is 0 Å². The Morgan fingerprint density at radius 2 is 1.10 bits per heavy atom. The van der Waals surface area contributed by atoms with E-state index in [-0.39, 0.29) is 0 Å². The van der Waals surface area contributed by atoms with Crippen molar-refractivity contribution in [1.29, 1.82) is 0 Å². The van der Waals surface area contributed by atoms with Crippen molar-refractivity contribution in [2.45, 2.75) is 6.92 Å². The number of hydrogen-bond donors (Lipinski definition) is 2. The zero-order valence-corrected chi connectivity index (χ0v) is 15.8. The summed E-state index contributed by atoms with van der Waals surface area (Å²) in [5.74, 6) is 2.07. The molecule has 0 atom stereocenters. The second kappa shape index (κ2) is 7.16. The van der Waals surface area contributed by atoms with E-state index in [1.165, 1.54) is 0 Å². The number of hydrogen-bond acceptors (Lipinski definition) is 6. The minimum Gasteiger partial charge on any atom is -0.338 e. The largest absolute Gasteiger partial charge is 0.338 e. The predicted octanol–water partition coefficient (Wildman–Crippen LogP) is 5.37. The molecule has 0 aliphatic carbocycles. The topological polar surface area (TPSA) is 75.6 Å². The van der Waals surface area contributed by atoms with Crippen LogP contribution in [0.1, 0.15) is 5.82 Å². The molecular formula is C23H18N6. The van der Waals surface area contributed by atoms with Crippen molar-refractivity contribution in [1.82, 2.24) is 19.9 Å². The van der Waals surface area contributed by atoms with E-state index in [2.05, 4.69) is 30.6 Å². The maximum absolute atomic E-state index is 4.53. The van der Waals surface area contributed by atoms with Gasteiger partial charge in [-0.15, -0.1) is 0 Å². The molecule has 0 unspecified atom stereocenters. The summed E-state index contributed by atoms with van der Waals surface area (Å²) in [6, 6.07) is 21.9. The maximum Gasteiger partial charge on any atom is 0.136 e. The molecule has 3 aromatic heterocycles. The van der Waals surface area contributed by atoms with Crippen LogP contribution in [0.5, 0.6) is 0 Å². The lowest BCUT2D eigenvalue weighted by Gasteiger charge is -2.12. The summed E-state index contributed by atoms with van der Waals surface area (Å²) in [5, 5.41) is 8.91. The lowest BCUT2D eigenvalue weighted by Crippen LogP contribution is -2.02. The van der Waals surface area contributed by atoms with Crippen LogP contribution in [0.2, 0.25) is 0 Å². The highest BCUT2D eigenvalue weighted by atomic mass is 15.1. The highest BCUT2D eigenvalue weighted by Gasteiger charge is 2.08. The first-order valence-electron chi connectivity index (χ1n) is 9.33. The molecule has 2 N–H and O–H groups in total. The zero-order valence-electron chi connectivity index (χ0n) is 15.8. The number of nitrogens with one attached hydrogen (secondary N) is 2. The van der Waals surface area contributed by atoms with Crippen molar-refractivity contribution in [2.75, 3.05) is 10.6 Å². The highest BCUT2D eigenvalue weighted by Crippen LogP contribution is 2.27. The molecule has 0 saturated carbocycles. The number of aryl methyl sites for hydroxylation is 1. The number of anilines is 4. The molecule has 5 aromatic rings. The van der Waals surface area contributed by atoms with Crippen LogP contribution in [0.3, 0.4) is 0 Å². The van der Waals surface area contributed by atoms with Gasteiger partial charge in [-0.3, -0.25) is 9.97 Å². The van der Waals surface area contributed by atoms with E-state index in [4.69, 9.17) is 0 Å². The molecule has 5 rings (SSSR count). The van der Waals surface area contributed by atoms with E-state index in [0.29, 0.717) is 17.5 Å². The number of rotatable bonds is 4. The van der Waals surface area contributed by atoms with E-state index >= 15 is 0 Å². The molecule has 6 heteroatoms. The van der Waals surface area contributed by atoms with Gasteiger partial charge in [0.15, 0.2) is 0 Å². The minimum atomic E-state index is 0.666. The molecular weight excluding hydrogens is 360 g/mol. The third-order valence-electron chi connectivity index (χ3n) is 4.63. The number of fused-ring (bicyclic) bond motifs is 2. The van der Waals surface area contributed by atoms with Crippen molar-refractivity contribution in [3.63, 3.8) is 0 Å². The summed E-state index contributed by atoms with van der Waals surface area (Å²) in [6.07, 6.45) is 3.58. The first-order chi connectivity index (χ1) is 14.3. The second-order valence-corrected chi connectivity index (χ2v) is 6.70. The third kappa shape index (κ3) is 3.43. The Morgan fingerprint density at radius 3 is 1.62 bits per heavy atom. The zero-order chi connectivity index (χ0) is 19.6. The van der Waals surface area contributed by atoms with Crippen LogP contribution >= 0.6 is 0 Å². The first kappa shape index (κ1) is 17.1. The first-order valence-corrected chi connectivity index (χ1v) is 9.33. The Bertz CT molecular complexity index is 1220. The van der Waals surface area contributed by atoms with Crippen LogP contribution in [0, 0.1) is 6.92 Å². The normalized spacial score (nSPS) is 10.9. The molecule has 6 nitrogen and oxygen atoms in total. The summed E-state index contributed by atoms with van der Waals surface area (Å²) in [5.41, 5.74) is 3.61. The number of pyridine rings is 2. The van der Waals surface area contributed by atoms with Gasteiger partial charge in [-0.1, -0.05) is 36.4 Å². The molecule has 0 bridgehead atoms. The average Bonchev–Trinajstić information content (AvgIpc) is 2.74. The molecule has 0 amide bonds. The lowest BCUT2D eigenvalue weighted by atomic mass is 10.2. The van der Waals surface area contributed by atoms with Gasteiger partial charge in [-0.05, 0) is 31.2 Å². The fourth-order valence-electron chi connectivity index (χ4n) is 3.38. The van der Waals surface area contributed by atoms with Crippen molar-refractivity contribution in [3.8, 4) is 0 Å². The molecule has 3 heterocycles. The van der Waals surface area contributed by atoms with E-state index in [1.807, 2.05) is 73.7 Å². The van der Waals surface area contributed by atoms with Gasteiger partial charge in [0.25, 0.3) is 0 Å². The Kier molecular flexibility index (Phi) is 4.22. The van der Waals surface area contributed by atoms with Gasteiger partial charge in [0.2, 0.25) is 0 Å². The van der Waals surface area contributed by atoms with E-state index in [1.54, 1.807) is 12.4 Å². The van der Waals surface area contributed by atoms with Gasteiger partial charge in [-0.2, -0.15) is 0 Å². The summed E-state index contributed by atoms with van der Waals surface area (Å²) in [4.78, 5) is 18.1. The summed E-state index contributed by atoms with van der Waals surface area (Å²) in [7, 11) is 0. The monoisotopic (exact) mass is 378 g/mol. The van der Waals surface area contributed by atoms with Crippen LogP contribution in [0.15, 0.2) is 79.1 Å². The number of para-hydroxylation sites is 2.